The first kappa shape index (κ1) is 15.9. The summed E-state index contributed by atoms with van der Waals surface area (Å²) >= 11 is 0. The van der Waals surface area contributed by atoms with Crippen molar-refractivity contribution >= 4 is 29.0 Å². The molecule has 130 valence electrons. The van der Waals surface area contributed by atoms with Crippen molar-refractivity contribution in [3.63, 3.8) is 0 Å². The van der Waals surface area contributed by atoms with Crippen molar-refractivity contribution in [3.05, 3.63) is 60.4 Å². The summed E-state index contributed by atoms with van der Waals surface area (Å²) in [6.07, 6.45) is 3.93. The van der Waals surface area contributed by atoms with E-state index in [9.17, 15) is 9.59 Å². The number of imidazole rings is 1. The Morgan fingerprint density at radius 3 is 2.73 bits per heavy atom. The van der Waals surface area contributed by atoms with E-state index in [-0.39, 0.29) is 11.9 Å². The largest absolute Gasteiger partial charge is 0.334 e. The van der Waals surface area contributed by atoms with Gasteiger partial charge in [0.15, 0.2) is 0 Å². The van der Waals surface area contributed by atoms with E-state index >= 15 is 0 Å². The topological polar surface area (TPSA) is 88.1 Å². The Morgan fingerprint density at radius 2 is 1.96 bits per heavy atom. The molecule has 2 heterocycles. The molecule has 3 N–H and O–H groups in total. The Labute approximate surface area is 150 Å². The smallest absolute Gasteiger partial charge is 0.323 e. The molecule has 26 heavy (non-hydrogen) atoms. The SMILES string of the molecule is Cn1ccnc1-c1cccc(NC(=O)Nc2ccc3c(c2)CC(=O)N3)c1. The molecule has 0 aliphatic carbocycles. The number of amides is 3. The second kappa shape index (κ2) is 6.36. The number of nitrogens with one attached hydrogen (secondary N) is 3. The van der Waals surface area contributed by atoms with Gasteiger partial charge in [0, 0.05) is 42.1 Å². The third-order valence-electron chi connectivity index (χ3n) is 4.19. The number of nitrogens with zero attached hydrogens (tertiary/aromatic N) is 2. The standard InChI is InChI=1S/C19H17N5O2/c1-24-8-7-20-18(24)12-3-2-4-14(9-12)21-19(26)22-15-5-6-16-13(10-15)11-17(25)23-16/h2-10H,11H2,1H3,(H,23,25)(H2,21,22,26). The highest BCUT2D eigenvalue weighted by Crippen LogP contribution is 2.26. The molecule has 7 heteroatoms. The van der Waals surface area contributed by atoms with Gasteiger partial charge < -0.3 is 20.5 Å². The molecule has 3 aromatic rings. The first-order valence-electron chi connectivity index (χ1n) is 8.17. The van der Waals surface area contributed by atoms with Gasteiger partial charge in [-0.1, -0.05) is 12.1 Å². The Hall–Kier alpha value is -3.61. The minimum atomic E-state index is -0.348. The molecule has 0 saturated heterocycles. The van der Waals surface area contributed by atoms with Gasteiger partial charge >= 0.3 is 6.03 Å². The lowest BCUT2D eigenvalue weighted by Gasteiger charge is -2.10. The number of aryl methyl sites for hydroxylation is 1. The third kappa shape index (κ3) is 3.14. The maximum atomic E-state index is 12.3. The number of urea groups is 1. The van der Waals surface area contributed by atoms with E-state index in [0.29, 0.717) is 17.8 Å². The molecule has 0 saturated carbocycles. The number of rotatable bonds is 3. The molecule has 3 amide bonds. The van der Waals surface area contributed by atoms with E-state index in [4.69, 9.17) is 0 Å². The third-order valence-corrected chi connectivity index (χ3v) is 4.19. The lowest BCUT2D eigenvalue weighted by atomic mass is 10.1. The summed E-state index contributed by atoms with van der Waals surface area (Å²) in [6.45, 7) is 0. The van der Waals surface area contributed by atoms with Crippen molar-refractivity contribution in [2.24, 2.45) is 7.05 Å². The zero-order valence-electron chi connectivity index (χ0n) is 14.1. The van der Waals surface area contributed by atoms with Crippen LogP contribution in [0.2, 0.25) is 0 Å². The average molecular weight is 347 g/mol. The molecule has 1 aromatic heterocycles. The van der Waals surface area contributed by atoms with Crippen LogP contribution in [0.4, 0.5) is 21.9 Å². The van der Waals surface area contributed by atoms with Crippen LogP contribution in [0, 0.1) is 0 Å². The summed E-state index contributed by atoms with van der Waals surface area (Å²) in [4.78, 5) is 28.0. The van der Waals surface area contributed by atoms with Crippen LogP contribution in [0.5, 0.6) is 0 Å². The van der Waals surface area contributed by atoms with Crippen LogP contribution < -0.4 is 16.0 Å². The number of hydrogen-bond donors (Lipinski definition) is 3. The Kier molecular flexibility index (Phi) is 3.89. The van der Waals surface area contributed by atoms with Crippen LogP contribution in [0.25, 0.3) is 11.4 Å². The average Bonchev–Trinajstić information content (AvgIpc) is 3.19. The van der Waals surface area contributed by atoms with Crippen LogP contribution in [0.1, 0.15) is 5.56 Å². The normalized spacial score (nSPS) is 12.4. The van der Waals surface area contributed by atoms with Gasteiger partial charge in [-0.15, -0.1) is 0 Å². The fourth-order valence-corrected chi connectivity index (χ4v) is 2.98. The summed E-state index contributed by atoms with van der Waals surface area (Å²) in [5.74, 6) is 0.789. The molecule has 2 aromatic carbocycles. The number of fused-ring (bicyclic) bond motifs is 1. The molecule has 0 bridgehead atoms. The Morgan fingerprint density at radius 1 is 1.15 bits per heavy atom. The summed E-state index contributed by atoms with van der Waals surface area (Å²) in [7, 11) is 1.92. The molecule has 7 nitrogen and oxygen atoms in total. The number of carbonyl (C=O) groups is 2. The second-order valence-corrected chi connectivity index (χ2v) is 6.12. The first-order chi connectivity index (χ1) is 12.6. The number of carbonyl (C=O) groups excluding carboxylic acids is 2. The Bertz CT molecular complexity index is 1010. The van der Waals surface area contributed by atoms with Gasteiger partial charge in [0.25, 0.3) is 0 Å². The molecule has 1 aliphatic rings. The van der Waals surface area contributed by atoms with Crippen LogP contribution >= 0.6 is 0 Å². The summed E-state index contributed by atoms with van der Waals surface area (Å²) in [6, 6.07) is 12.5. The molecule has 0 unspecified atom stereocenters. The number of aromatic nitrogens is 2. The molecule has 4 rings (SSSR count). The lowest BCUT2D eigenvalue weighted by molar-refractivity contribution is -0.115. The van der Waals surface area contributed by atoms with Crippen molar-refractivity contribution in [1.82, 2.24) is 9.55 Å². The number of anilines is 3. The summed E-state index contributed by atoms with van der Waals surface area (Å²) in [5, 5.41) is 8.38. The monoisotopic (exact) mass is 347 g/mol. The van der Waals surface area contributed by atoms with Gasteiger partial charge in [0.2, 0.25) is 5.91 Å². The lowest BCUT2D eigenvalue weighted by Crippen LogP contribution is -2.19. The van der Waals surface area contributed by atoms with Crippen molar-refractivity contribution in [2.45, 2.75) is 6.42 Å². The highest BCUT2D eigenvalue weighted by Gasteiger charge is 2.17. The van der Waals surface area contributed by atoms with E-state index in [0.717, 1.165) is 22.6 Å². The fraction of sp³-hybridized carbons (Fsp3) is 0.105. The molecule has 0 atom stereocenters. The first-order valence-corrected chi connectivity index (χ1v) is 8.17. The molecule has 0 fully saturated rings. The maximum Gasteiger partial charge on any atom is 0.323 e. The predicted octanol–water partition coefficient (Wildman–Crippen LogP) is 3.23. The fourth-order valence-electron chi connectivity index (χ4n) is 2.98. The van der Waals surface area contributed by atoms with Crippen LogP contribution in [-0.4, -0.2) is 21.5 Å². The highest BCUT2D eigenvalue weighted by molar-refractivity contribution is 6.02. The minimum Gasteiger partial charge on any atom is -0.334 e. The van der Waals surface area contributed by atoms with Crippen molar-refractivity contribution in [3.8, 4) is 11.4 Å². The van der Waals surface area contributed by atoms with Gasteiger partial charge in [-0.25, -0.2) is 9.78 Å². The molecular weight excluding hydrogens is 330 g/mol. The van der Waals surface area contributed by atoms with Crippen LogP contribution in [-0.2, 0) is 18.3 Å². The van der Waals surface area contributed by atoms with E-state index in [2.05, 4.69) is 20.9 Å². The molecule has 0 radical (unpaired) electrons. The van der Waals surface area contributed by atoms with Crippen molar-refractivity contribution in [2.75, 3.05) is 16.0 Å². The van der Waals surface area contributed by atoms with Crippen LogP contribution in [0.15, 0.2) is 54.9 Å². The number of hydrogen-bond acceptors (Lipinski definition) is 3. The maximum absolute atomic E-state index is 12.3. The van der Waals surface area contributed by atoms with Crippen molar-refractivity contribution < 1.29 is 9.59 Å². The zero-order valence-corrected chi connectivity index (χ0v) is 14.1. The Balaban J connectivity index is 1.47. The predicted molar refractivity (Wildman–Crippen MR) is 100 cm³/mol. The number of benzene rings is 2. The molecular formula is C19H17N5O2. The van der Waals surface area contributed by atoms with Gasteiger partial charge in [-0.2, -0.15) is 0 Å². The minimum absolute atomic E-state index is 0.0345. The highest BCUT2D eigenvalue weighted by atomic mass is 16.2. The van der Waals surface area contributed by atoms with Gasteiger partial charge in [0.05, 0.1) is 6.42 Å². The van der Waals surface area contributed by atoms with Crippen LogP contribution in [0.3, 0.4) is 0 Å². The van der Waals surface area contributed by atoms with Gasteiger partial charge in [-0.05, 0) is 35.9 Å². The van der Waals surface area contributed by atoms with E-state index in [1.807, 2.05) is 42.1 Å². The van der Waals surface area contributed by atoms with E-state index < -0.39 is 0 Å². The summed E-state index contributed by atoms with van der Waals surface area (Å²) in [5.41, 5.74) is 3.89. The second-order valence-electron chi connectivity index (χ2n) is 6.12. The van der Waals surface area contributed by atoms with E-state index in [1.165, 1.54) is 0 Å². The quantitative estimate of drug-likeness (QED) is 0.680. The van der Waals surface area contributed by atoms with Gasteiger partial charge in [-0.3, -0.25) is 4.79 Å². The molecule has 1 aliphatic heterocycles. The summed E-state index contributed by atoms with van der Waals surface area (Å²) < 4.78 is 1.92. The molecule has 0 spiro atoms. The zero-order chi connectivity index (χ0) is 18.1. The van der Waals surface area contributed by atoms with E-state index in [1.54, 1.807) is 24.4 Å². The van der Waals surface area contributed by atoms with Gasteiger partial charge in [0.1, 0.15) is 5.82 Å². The van der Waals surface area contributed by atoms with Crippen molar-refractivity contribution in [1.29, 1.82) is 0 Å².